The summed E-state index contributed by atoms with van der Waals surface area (Å²) in [6.07, 6.45) is -2.91. The van der Waals surface area contributed by atoms with Crippen LogP contribution in [0.15, 0.2) is 39.0 Å². The summed E-state index contributed by atoms with van der Waals surface area (Å²) in [5.41, 5.74) is 5.43. The molecule has 1 aromatic heterocycles. The molecule has 1 aromatic carbocycles. The highest BCUT2D eigenvalue weighted by atomic mass is 32.2. The maximum absolute atomic E-state index is 12.7. The van der Waals surface area contributed by atoms with Crippen LogP contribution in [-0.2, 0) is 12.7 Å². The standard InChI is InChI=1S/C12H11F3N2OS/c1-7-6-18-11(17-7)19-9-2-3-10(12(13,14)15)8(4-9)5-16/h2-4,6H,5,16H2,1H3. The SMILES string of the molecule is Cc1coc(Sc2ccc(C(F)(F)F)c(CN)c2)n1. The second-order valence-corrected chi connectivity index (χ2v) is 4.90. The van der Waals surface area contributed by atoms with Crippen LogP contribution in [0.25, 0.3) is 0 Å². The average molecular weight is 288 g/mol. The Balaban J connectivity index is 2.29. The molecule has 2 N–H and O–H groups in total. The summed E-state index contributed by atoms with van der Waals surface area (Å²) < 4.78 is 43.2. The Morgan fingerprint density at radius 3 is 2.63 bits per heavy atom. The molecular formula is C12H11F3N2OS. The van der Waals surface area contributed by atoms with E-state index in [1.807, 2.05) is 0 Å². The molecular weight excluding hydrogens is 277 g/mol. The van der Waals surface area contributed by atoms with E-state index in [1.165, 1.54) is 18.4 Å². The molecule has 0 unspecified atom stereocenters. The van der Waals surface area contributed by atoms with Crippen molar-refractivity contribution in [3.63, 3.8) is 0 Å². The fourth-order valence-electron chi connectivity index (χ4n) is 1.56. The van der Waals surface area contributed by atoms with Crippen LogP contribution in [0.4, 0.5) is 13.2 Å². The number of alkyl halides is 3. The van der Waals surface area contributed by atoms with Gasteiger partial charge in [-0.25, -0.2) is 4.98 Å². The maximum atomic E-state index is 12.7. The maximum Gasteiger partial charge on any atom is 0.416 e. The van der Waals surface area contributed by atoms with Gasteiger partial charge in [0, 0.05) is 11.4 Å². The van der Waals surface area contributed by atoms with Crippen LogP contribution in [0, 0.1) is 6.92 Å². The zero-order valence-electron chi connectivity index (χ0n) is 9.99. The number of benzene rings is 1. The van der Waals surface area contributed by atoms with E-state index in [9.17, 15) is 13.2 Å². The van der Waals surface area contributed by atoms with Crippen molar-refractivity contribution in [1.29, 1.82) is 0 Å². The van der Waals surface area contributed by atoms with Crippen LogP contribution in [0.2, 0.25) is 0 Å². The monoisotopic (exact) mass is 288 g/mol. The van der Waals surface area contributed by atoms with Gasteiger partial charge < -0.3 is 10.2 Å². The van der Waals surface area contributed by atoms with E-state index >= 15 is 0 Å². The number of nitrogens with zero attached hydrogens (tertiary/aromatic N) is 1. The highest BCUT2D eigenvalue weighted by Gasteiger charge is 2.32. The van der Waals surface area contributed by atoms with E-state index in [2.05, 4.69) is 4.98 Å². The molecule has 0 saturated heterocycles. The first-order chi connectivity index (χ1) is 8.90. The Morgan fingerprint density at radius 2 is 2.11 bits per heavy atom. The van der Waals surface area contributed by atoms with Crippen LogP contribution in [-0.4, -0.2) is 4.98 Å². The molecule has 1 heterocycles. The molecule has 0 fully saturated rings. The normalized spacial score (nSPS) is 11.8. The first kappa shape index (κ1) is 14.0. The summed E-state index contributed by atoms with van der Waals surface area (Å²) in [6.45, 7) is 1.60. The van der Waals surface area contributed by atoms with Crippen molar-refractivity contribution in [3.8, 4) is 0 Å². The number of halogens is 3. The molecule has 2 aromatic rings. The van der Waals surface area contributed by atoms with Gasteiger partial charge in [-0.2, -0.15) is 13.2 Å². The number of hydrogen-bond acceptors (Lipinski definition) is 4. The number of aryl methyl sites for hydroxylation is 1. The predicted molar refractivity (Wildman–Crippen MR) is 64.7 cm³/mol. The smallest absolute Gasteiger partial charge is 0.416 e. The predicted octanol–water partition coefficient (Wildman–Crippen LogP) is 3.61. The largest absolute Gasteiger partial charge is 0.439 e. The molecule has 3 nitrogen and oxygen atoms in total. The van der Waals surface area contributed by atoms with Crippen LogP contribution in [0.3, 0.4) is 0 Å². The zero-order valence-corrected chi connectivity index (χ0v) is 10.8. The number of nitrogens with two attached hydrogens (primary N) is 1. The van der Waals surface area contributed by atoms with Gasteiger partial charge in [-0.05, 0) is 42.4 Å². The highest BCUT2D eigenvalue weighted by Crippen LogP contribution is 2.35. The number of rotatable bonds is 3. The minimum absolute atomic E-state index is 0.0563. The van der Waals surface area contributed by atoms with E-state index in [1.54, 1.807) is 6.92 Å². The lowest BCUT2D eigenvalue weighted by Gasteiger charge is -2.12. The van der Waals surface area contributed by atoms with E-state index in [0.717, 1.165) is 17.8 Å². The molecule has 0 atom stereocenters. The molecule has 7 heteroatoms. The van der Waals surface area contributed by atoms with E-state index in [0.29, 0.717) is 15.8 Å². The number of hydrogen-bond donors (Lipinski definition) is 1. The fourth-order valence-corrected chi connectivity index (χ4v) is 2.38. The van der Waals surface area contributed by atoms with Gasteiger partial charge in [0.15, 0.2) is 0 Å². The number of oxazole rings is 1. The molecule has 0 radical (unpaired) electrons. The third kappa shape index (κ3) is 3.30. The molecule has 0 amide bonds. The third-order valence-electron chi connectivity index (χ3n) is 2.41. The third-order valence-corrected chi connectivity index (χ3v) is 3.26. The second kappa shape index (κ2) is 5.26. The van der Waals surface area contributed by atoms with Crippen molar-refractivity contribution in [2.75, 3.05) is 0 Å². The molecule has 19 heavy (non-hydrogen) atoms. The Morgan fingerprint density at radius 1 is 1.37 bits per heavy atom. The lowest BCUT2D eigenvalue weighted by Crippen LogP contribution is -2.11. The lowest BCUT2D eigenvalue weighted by atomic mass is 10.1. The fraction of sp³-hybridized carbons (Fsp3) is 0.250. The van der Waals surface area contributed by atoms with Gasteiger partial charge in [0.05, 0.1) is 11.3 Å². The zero-order chi connectivity index (χ0) is 14.0. The van der Waals surface area contributed by atoms with Crippen LogP contribution in [0.1, 0.15) is 16.8 Å². The molecule has 0 aliphatic heterocycles. The Hall–Kier alpha value is -1.47. The van der Waals surface area contributed by atoms with Crippen LogP contribution < -0.4 is 5.73 Å². The summed E-state index contributed by atoms with van der Waals surface area (Å²) in [7, 11) is 0. The van der Waals surface area contributed by atoms with Gasteiger partial charge in [-0.1, -0.05) is 0 Å². The van der Waals surface area contributed by atoms with E-state index < -0.39 is 11.7 Å². The van der Waals surface area contributed by atoms with E-state index in [-0.39, 0.29) is 12.1 Å². The minimum Gasteiger partial charge on any atom is -0.439 e. The molecule has 0 bridgehead atoms. The second-order valence-electron chi connectivity index (χ2n) is 3.88. The highest BCUT2D eigenvalue weighted by molar-refractivity contribution is 7.99. The summed E-state index contributed by atoms with van der Waals surface area (Å²) >= 11 is 1.16. The summed E-state index contributed by atoms with van der Waals surface area (Å²) in [4.78, 5) is 4.68. The van der Waals surface area contributed by atoms with Crippen molar-refractivity contribution in [3.05, 3.63) is 41.3 Å². The summed E-state index contributed by atoms with van der Waals surface area (Å²) in [5.74, 6) is 0. The topological polar surface area (TPSA) is 52.0 Å². The van der Waals surface area contributed by atoms with Crippen molar-refractivity contribution < 1.29 is 17.6 Å². The first-order valence-corrected chi connectivity index (χ1v) is 6.22. The van der Waals surface area contributed by atoms with Crippen molar-refractivity contribution in [2.24, 2.45) is 5.73 Å². The van der Waals surface area contributed by atoms with Gasteiger partial charge in [-0.15, -0.1) is 0 Å². The Labute approximate surface area is 112 Å². The summed E-state index contributed by atoms with van der Waals surface area (Å²) in [6, 6.07) is 3.82. The molecule has 0 aliphatic rings. The van der Waals surface area contributed by atoms with Gasteiger partial charge in [-0.3, -0.25) is 0 Å². The molecule has 0 saturated carbocycles. The van der Waals surface area contributed by atoms with Gasteiger partial charge in [0.1, 0.15) is 6.26 Å². The Kier molecular flexibility index (Phi) is 3.86. The Bertz CT molecular complexity index is 581. The van der Waals surface area contributed by atoms with Crippen LogP contribution in [0.5, 0.6) is 0 Å². The number of aromatic nitrogens is 1. The van der Waals surface area contributed by atoms with Gasteiger partial charge in [0.25, 0.3) is 5.22 Å². The lowest BCUT2D eigenvalue weighted by molar-refractivity contribution is -0.138. The van der Waals surface area contributed by atoms with Crippen molar-refractivity contribution >= 4 is 11.8 Å². The minimum atomic E-state index is -4.39. The quantitative estimate of drug-likeness (QED) is 0.937. The molecule has 2 rings (SSSR count). The van der Waals surface area contributed by atoms with Gasteiger partial charge >= 0.3 is 6.18 Å². The van der Waals surface area contributed by atoms with Crippen LogP contribution >= 0.6 is 11.8 Å². The van der Waals surface area contributed by atoms with Crippen molar-refractivity contribution in [1.82, 2.24) is 4.98 Å². The first-order valence-electron chi connectivity index (χ1n) is 5.40. The molecule has 102 valence electrons. The summed E-state index contributed by atoms with van der Waals surface area (Å²) in [5, 5.41) is 0.389. The van der Waals surface area contributed by atoms with Gasteiger partial charge in [0.2, 0.25) is 0 Å². The molecule has 0 spiro atoms. The molecule has 0 aliphatic carbocycles. The van der Waals surface area contributed by atoms with Crippen molar-refractivity contribution in [2.45, 2.75) is 29.8 Å². The average Bonchev–Trinajstić information content (AvgIpc) is 2.73. The van der Waals surface area contributed by atoms with E-state index in [4.69, 9.17) is 10.2 Å².